The molecule has 0 aromatic heterocycles. The number of nitriles is 1. The first-order valence-electron chi connectivity index (χ1n) is 4.84. The van der Waals surface area contributed by atoms with Crippen LogP contribution in [0.5, 0.6) is 5.75 Å². The minimum atomic E-state index is 0.221. The summed E-state index contributed by atoms with van der Waals surface area (Å²) in [7, 11) is 0. The van der Waals surface area contributed by atoms with Gasteiger partial charge in [-0.1, -0.05) is 6.07 Å². The minimum Gasteiger partial charge on any atom is -0.508 e. The summed E-state index contributed by atoms with van der Waals surface area (Å²) in [5, 5.41) is 21.1. The Bertz CT molecular complexity index is 526. The Morgan fingerprint density at radius 1 is 1.00 bits per heavy atom. The monoisotopic (exact) mass is 210 g/mol. The standard InChI is InChI=1S/C13H10N2O/c14-9-10-4-6-11(7-5-10)15-12-2-1-3-13(16)8-12/h1-8,15-16H. The molecule has 0 spiro atoms. The quantitative estimate of drug-likeness (QED) is 0.801. The van der Waals surface area contributed by atoms with Gasteiger partial charge in [-0.05, 0) is 36.4 Å². The SMILES string of the molecule is N#Cc1ccc(Nc2cccc(O)c2)cc1. The highest BCUT2D eigenvalue weighted by Gasteiger charge is 1.96. The zero-order valence-electron chi connectivity index (χ0n) is 8.51. The number of phenolic OH excluding ortho intramolecular Hbond substituents is 1. The highest BCUT2D eigenvalue weighted by molar-refractivity contribution is 5.61. The van der Waals surface area contributed by atoms with Crippen molar-refractivity contribution in [2.45, 2.75) is 0 Å². The second kappa shape index (κ2) is 4.37. The van der Waals surface area contributed by atoms with Crippen molar-refractivity contribution in [2.24, 2.45) is 0 Å². The Kier molecular flexibility index (Phi) is 2.75. The van der Waals surface area contributed by atoms with Crippen molar-refractivity contribution in [3.8, 4) is 11.8 Å². The zero-order valence-corrected chi connectivity index (χ0v) is 8.51. The number of benzene rings is 2. The molecular weight excluding hydrogens is 200 g/mol. The average molecular weight is 210 g/mol. The highest BCUT2D eigenvalue weighted by Crippen LogP contribution is 2.20. The van der Waals surface area contributed by atoms with Gasteiger partial charge in [-0.15, -0.1) is 0 Å². The van der Waals surface area contributed by atoms with E-state index in [2.05, 4.69) is 11.4 Å². The molecule has 3 heteroatoms. The second-order valence-electron chi connectivity index (χ2n) is 3.36. The van der Waals surface area contributed by atoms with Gasteiger partial charge in [0.1, 0.15) is 5.75 Å². The van der Waals surface area contributed by atoms with E-state index in [-0.39, 0.29) is 5.75 Å². The van der Waals surface area contributed by atoms with Crippen molar-refractivity contribution >= 4 is 11.4 Å². The Labute approximate surface area is 93.6 Å². The molecule has 0 unspecified atom stereocenters. The number of phenols is 1. The summed E-state index contributed by atoms with van der Waals surface area (Å²) in [6, 6.07) is 16.1. The molecule has 2 aromatic rings. The van der Waals surface area contributed by atoms with E-state index < -0.39 is 0 Å². The van der Waals surface area contributed by atoms with E-state index in [0.717, 1.165) is 11.4 Å². The Balaban J connectivity index is 2.18. The van der Waals surface area contributed by atoms with Gasteiger partial charge in [-0.2, -0.15) is 5.26 Å². The Morgan fingerprint density at radius 2 is 1.75 bits per heavy atom. The molecule has 0 fully saturated rings. The van der Waals surface area contributed by atoms with Crippen LogP contribution in [0.25, 0.3) is 0 Å². The van der Waals surface area contributed by atoms with E-state index >= 15 is 0 Å². The predicted molar refractivity (Wildman–Crippen MR) is 62.5 cm³/mol. The van der Waals surface area contributed by atoms with E-state index in [9.17, 15) is 5.11 Å². The van der Waals surface area contributed by atoms with Crippen LogP contribution in [-0.4, -0.2) is 5.11 Å². The molecule has 0 radical (unpaired) electrons. The van der Waals surface area contributed by atoms with E-state index in [0.29, 0.717) is 5.56 Å². The lowest BCUT2D eigenvalue weighted by atomic mass is 10.2. The molecule has 0 saturated carbocycles. The van der Waals surface area contributed by atoms with Crippen LogP contribution in [0.4, 0.5) is 11.4 Å². The average Bonchev–Trinajstić information content (AvgIpc) is 2.30. The molecule has 2 N–H and O–H groups in total. The summed E-state index contributed by atoms with van der Waals surface area (Å²) in [5.41, 5.74) is 2.32. The molecule has 0 atom stereocenters. The summed E-state index contributed by atoms with van der Waals surface area (Å²) in [6.07, 6.45) is 0. The number of rotatable bonds is 2. The van der Waals surface area contributed by atoms with Crippen LogP contribution >= 0.6 is 0 Å². The van der Waals surface area contributed by atoms with Crippen molar-refractivity contribution in [1.82, 2.24) is 0 Å². The van der Waals surface area contributed by atoms with Gasteiger partial charge in [0.15, 0.2) is 0 Å². The number of anilines is 2. The first kappa shape index (κ1) is 10.1. The van der Waals surface area contributed by atoms with Gasteiger partial charge < -0.3 is 10.4 Å². The van der Waals surface area contributed by atoms with Gasteiger partial charge in [0.05, 0.1) is 11.6 Å². The van der Waals surface area contributed by atoms with Crippen molar-refractivity contribution in [3.63, 3.8) is 0 Å². The molecule has 0 aliphatic heterocycles. The number of hydrogen-bond acceptors (Lipinski definition) is 3. The van der Waals surface area contributed by atoms with Gasteiger partial charge in [0.2, 0.25) is 0 Å². The van der Waals surface area contributed by atoms with Crippen LogP contribution < -0.4 is 5.32 Å². The minimum absolute atomic E-state index is 0.221. The molecule has 2 rings (SSSR count). The lowest BCUT2D eigenvalue weighted by molar-refractivity contribution is 0.475. The lowest BCUT2D eigenvalue weighted by Gasteiger charge is -2.06. The molecule has 2 aromatic carbocycles. The van der Waals surface area contributed by atoms with Gasteiger partial charge in [-0.25, -0.2) is 0 Å². The first-order chi connectivity index (χ1) is 7.78. The van der Waals surface area contributed by atoms with Crippen LogP contribution in [0.15, 0.2) is 48.5 Å². The predicted octanol–water partition coefficient (Wildman–Crippen LogP) is 3.01. The van der Waals surface area contributed by atoms with Crippen molar-refractivity contribution in [1.29, 1.82) is 5.26 Å². The fraction of sp³-hybridized carbons (Fsp3) is 0. The number of aromatic hydroxyl groups is 1. The maximum Gasteiger partial charge on any atom is 0.117 e. The molecule has 0 saturated heterocycles. The molecule has 78 valence electrons. The molecular formula is C13H10N2O. The third-order valence-corrected chi connectivity index (χ3v) is 2.15. The van der Waals surface area contributed by atoms with Gasteiger partial charge in [0.25, 0.3) is 0 Å². The fourth-order valence-corrected chi connectivity index (χ4v) is 1.38. The zero-order chi connectivity index (χ0) is 11.4. The summed E-state index contributed by atoms with van der Waals surface area (Å²) in [5.74, 6) is 0.221. The fourth-order valence-electron chi connectivity index (χ4n) is 1.38. The maximum atomic E-state index is 9.29. The van der Waals surface area contributed by atoms with Crippen LogP contribution in [0, 0.1) is 11.3 Å². The lowest BCUT2D eigenvalue weighted by Crippen LogP contribution is -1.89. The molecule has 3 nitrogen and oxygen atoms in total. The van der Waals surface area contributed by atoms with Gasteiger partial charge in [-0.3, -0.25) is 0 Å². The third kappa shape index (κ3) is 2.31. The largest absolute Gasteiger partial charge is 0.508 e. The van der Waals surface area contributed by atoms with E-state index in [1.165, 1.54) is 0 Å². The summed E-state index contributed by atoms with van der Waals surface area (Å²) < 4.78 is 0. The smallest absolute Gasteiger partial charge is 0.117 e. The van der Waals surface area contributed by atoms with E-state index in [4.69, 9.17) is 5.26 Å². The Hall–Kier alpha value is -2.47. The number of hydrogen-bond donors (Lipinski definition) is 2. The van der Waals surface area contributed by atoms with Crippen LogP contribution in [-0.2, 0) is 0 Å². The van der Waals surface area contributed by atoms with Crippen molar-refractivity contribution in [2.75, 3.05) is 5.32 Å². The molecule has 0 aliphatic rings. The summed E-state index contributed by atoms with van der Waals surface area (Å²) in [6.45, 7) is 0. The summed E-state index contributed by atoms with van der Waals surface area (Å²) >= 11 is 0. The summed E-state index contributed by atoms with van der Waals surface area (Å²) in [4.78, 5) is 0. The van der Waals surface area contributed by atoms with Crippen molar-refractivity contribution < 1.29 is 5.11 Å². The second-order valence-corrected chi connectivity index (χ2v) is 3.36. The van der Waals surface area contributed by atoms with Crippen molar-refractivity contribution in [3.05, 3.63) is 54.1 Å². The first-order valence-corrected chi connectivity index (χ1v) is 4.84. The third-order valence-electron chi connectivity index (χ3n) is 2.15. The van der Waals surface area contributed by atoms with Crippen LogP contribution in [0.3, 0.4) is 0 Å². The maximum absolute atomic E-state index is 9.29. The Morgan fingerprint density at radius 3 is 2.38 bits per heavy atom. The van der Waals surface area contributed by atoms with Gasteiger partial charge >= 0.3 is 0 Å². The van der Waals surface area contributed by atoms with E-state index in [1.54, 1.807) is 30.3 Å². The highest BCUT2D eigenvalue weighted by atomic mass is 16.3. The molecule has 16 heavy (non-hydrogen) atoms. The molecule has 0 amide bonds. The van der Waals surface area contributed by atoms with Gasteiger partial charge in [0, 0.05) is 17.4 Å². The number of nitrogens with one attached hydrogen (secondary N) is 1. The van der Waals surface area contributed by atoms with Crippen LogP contribution in [0.1, 0.15) is 5.56 Å². The number of nitrogens with zero attached hydrogens (tertiary/aromatic N) is 1. The topological polar surface area (TPSA) is 56.0 Å². The molecule has 0 aliphatic carbocycles. The van der Waals surface area contributed by atoms with E-state index in [1.807, 2.05) is 18.2 Å². The molecule has 0 heterocycles. The van der Waals surface area contributed by atoms with Crippen LogP contribution in [0.2, 0.25) is 0 Å². The molecule has 0 bridgehead atoms. The normalized spacial score (nSPS) is 9.44.